The van der Waals surface area contributed by atoms with Gasteiger partial charge in [0, 0.05) is 38.3 Å². The molecule has 1 amide bonds. The Balaban J connectivity index is 1.57. The molecule has 2 bridgehead atoms. The van der Waals surface area contributed by atoms with Gasteiger partial charge in [-0.1, -0.05) is 53.8 Å². The van der Waals surface area contributed by atoms with Crippen molar-refractivity contribution in [3.05, 3.63) is 65.8 Å². The topological polar surface area (TPSA) is 74.3 Å². The Hall–Kier alpha value is -2.55. The van der Waals surface area contributed by atoms with Gasteiger partial charge >= 0.3 is 5.97 Å². The van der Waals surface area contributed by atoms with Crippen molar-refractivity contribution < 1.29 is 28.5 Å². The molecule has 3 heterocycles. The highest BCUT2D eigenvalue weighted by Gasteiger charge is 2.54. The van der Waals surface area contributed by atoms with Crippen molar-refractivity contribution >= 4 is 23.0 Å². The first kappa shape index (κ1) is 28.5. The summed E-state index contributed by atoms with van der Waals surface area (Å²) < 4.78 is 24.1. The molecule has 3 aliphatic heterocycles. The van der Waals surface area contributed by atoms with Crippen molar-refractivity contribution in [3.8, 4) is 5.75 Å². The Morgan fingerprint density at radius 1 is 1.08 bits per heavy atom. The second-order valence-electron chi connectivity index (χ2n) is 10.1. The van der Waals surface area contributed by atoms with Gasteiger partial charge < -0.3 is 23.8 Å². The quantitative estimate of drug-likeness (QED) is 0.412. The van der Waals surface area contributed by atoms with Gasteiger partial charge in [-0.05, 0) is 56.7 Å². The minimum absolute atomic E-state index is 0.00674. The maximum Gasteiger partial charge on any atom is 0.330 e. The normalized spacial score (nSPS) is 32.2. The summed E-state index contributed by atoms with van der Waals surface area (Å²) in [6, 6.07) is 7.40. The first-order valence-corrected chi connectivity index (χ1v) is 14.4. The molecule has 0 spiro atoms. The number of nitrogens with zero attached hydrogens (tertiary/aromatic N) is 1. The molecule has 2 saturated heterocycles. The van der Waals surface area contributed by atoms with Crippen molar-refractivity contribution in [2.75, 3.05) is 20.0 Å². The summed E-state index contributed by atoms with van der Waals surface area (Å²) >= 11 is 1.28. The van der Waals surface area contributed by atoms with Crippen LogP contribution in [-0.2, 0) is 25.5 Å². The zero-order valence-electron chi connectivity index (χ0n) is 22.6. The first-order valence-electron chi connectivity index (χ1n) is 13.4. The molecule has 0 saturated carbocycles. The predicted molar refractivity (Wildman–Crippen MR) is 149 cm³/mol. The van der Waals surface area contributed by atoms with E-state index in [9.17, 15) is 9.59 Å². The number of carbonyl (C=O) groups is 2. The fourth-order valence-corrected chi connectivity index (χ4v) is 6.43. The van der Waals surface area contributed by atoms with Crippen LogP contribution in [0.25, 0.3) is 0 Å². The monoisotopic (exact) mass is 541 g/mol. The number of benzene rings is 1. The average Bonchev–Trinajstić information content (AvgIpc) is 3.27. The zero-order chi connectivity index (χ0) is 27.0. The van der Waals surface area contributed by atoms with E-state index in [1.54, 1.807) is 20.3 Å². The summed E-state index contributed by atoms with van der Waals surface area (Å²) in [6.45, 7) is 2.39. The predicted octanol–water partition coefficient (Wildman–Crippen LogP) is 6.19. The number of fused-ring (bicyclic) bond motifs is 2. The van der Waals surface area contributed by atoms with Gasteiger partial charge in [-0.2, -0.15) is 0 Å². The number of ether oxygens (including phenoxy) is 4. The lowest BCUT2D eigenvalue weighted by Gasteiger charge is -2.48. The van der Waals surface area contributed by atoms with E-state index in [-0.39, 0.29) is 29.5 Å². The molecule has 0 N–H and O–H groups in total. The van der Waals surface area contributed by atoms with E-state index in [2.05, 4.69) is 24.3 Å². The lowest BCUT2D eigenvalue weighted by atomic mass is 9.90. The molecule has 8 heteroatoms. The molecule has 206 valence electrons. The number of thioether (sulfide) groups is 1. The Bertz CT molecular complexity index is 1050. The summed E-state index contributed by atoms with van der Waals surface area (Å²) in [6.07, 6.45) is 14.9. The number of rotatable bonds is 5. The molecule has 38 heavy (non-hydrogen) atoms. The van der Waals surface area contributed by atoms with Crippen molar-refractivity contribution in [2.45, 2.75) is 82.5 Å². The minimum Gasteiger partial charge on any atom is -0.497 e. The molecule has 1 aromatic carbocycles. The number of carbonyl (C=O) groups excluding carboxylic acids is 2. The van der Waals surface area contributed by atoms with E-state index in [0.29, 0.717) is 25.1 Å². The number of methoxy groups -OCH3 is 2. The molecule has 1 unspecified atom stereocenters. The smallest absolute Gasteiger partial charge is 0.330 e. The van der Waals surface area contributed by atoms with Crippen LogP contribution >= 0.6 is 11.8 Å². The van der Waals surface area contributed by atoms with Gasteiger partial charge in [-0.15, -0.1) is 0 Å². The molecular formula is C30H39NO6S. The van der Waals surface area contributed by atoms with E-state index in [1.165, 1.54) is 11.8 Å². The molecule has 2 fully saturated rings. The summed E-state index contributed by atoms with van der Waals surface area (Å²) in [7, 11) is 3.26. The van der Waals surface area contributed by atoms with E-state index in [0.717, 1.165) is 49.0 Å². The lowest BCUT2D eigenvalue weighted by Crippen LogP contribution is -2.60. The molecule has 0 aromatic heterocycles. The van der Waals surface area contributed by atoms with Gasteiger partial charge in [-0.25, -0.2) is 4.79 Å². The van der Waals surface area contributed by atoms with Crippen molar-refractivity contribution in [1.82, 2.24) is 4.90 Å². The van der Waals surface area contributed by atoms with Crippen molar-refractivity contribution in [2.24, 2.45) is 0 Å². The third-order valence-electron chi connectivity index (χ3n) is 7.38. The molecule has 3 aliphatic rings. The van der Waals surface area contributed by atoms with Crippen LogP contribution in [0.5, 0.6) is 5.75 Å². The minimum atomic E-state index is -1.07. The number of allylic oxidation sites excluding steroid dienone is 5. The second-order valence-corrected chi connectivity index (χ2v) is 11.1. The number of amides is 1. The molecule has 4 atom stereocenters. The Labute approximate surface area is 230 Å². The zero-order valence-corrected chi connectivity index (χ0v) is 23.4. The summed E-state index contributed by atoms with van der Waals surface area (Å²) in [5.41, 5.74) is 1.98. The third-order valence-corrected chi connectivity index (χ3v) is 8.34. The maximum atomic E-state index is 13.0. The Morgan fingerprint density at radius 3 is 2.58 bits per heavy atom. The van der Waals surface area contributed by atoms with E-state index >= 15 is 0 Å². The van der Waals surface area contributed by atoms with Gasteiger partial charge in [0.05, 0.1) is 19.3 Å². The maximum absolute atomic E-state index is 13.0. The molecule has 4 rings (SSSR count). The SMILES string of the molecule is COc1ccc(CN2C(=O)SC[C@H]2[C@@]2(OC)CC3C[C@@H](CCC/C=C/C=C/CC/C(C)=C\C(=O)O3)O2)cc1. The highest BCUT2D eigenvalue weighted by atomic mass is 32.2. The Morgan fingerprint density at radius 2 is 1.84 bits per heavy atom. The van der Waals surface area contributed by atoms with E-state index in [1.807, 2.05) is 36.1 Å². The Kier molecular flexibility index (Phi) is 10.1. The highest BCUT2D eigenvalue weighted by Crippen LogP contribution is 2.43. The van der Waals surface area contributed by atoms with Crippen LogP contribution in [0.3, 0.4) is 0 Å². The van der Waals surface area contributed by atoms with Gasteiger partial charge in [0.2, 0.25) is 0 Å². The summed E-state index contributed by atoms with van der Waals surface area (Å²) in [4.78, 5) is 27.7. The second kappa shape index (κ2) is 13.5. The molecule has 0 radical (unpaired) electrons. The van der Waals surface area contributed by atoms with Crippen molar-refractivity contribution in [3.63, 3.8) is 0 Å². The van der Waals surface area contributed by atoms with Crippen LogP contribution in [0.15, 0.2) is 60.2 Å². The number of hydrogen-bond acceptors (Lipinski definition) is 7. The molecule has 0 aliphatic carbocycles. The van der Waals surface area contributed by atoms with Gasteiger partial charge in [0.15, 0.2) is 5.79 Å². The molecule has 7 nitrogen and oxygen atoms in total. The standard InChI is InChI=1S/C30H39NO6S/c1-22-11-9-7-5-4-6-8-10-12-25-18-26(36-28(32)17-22)19-30(35-3,37-25)27-21-38-29(33)31(27)20-23-13-15-24(34-2)16-14-23/h4-7,13-17,25-27H,8-12,18-21H2,1-3H3/b6-4+,7-5+,22-17-/t25-,26?,27+,30-/m1/s1. The van der Waals surface area contributed by atoms with Crippen LogP contribution < -0.4 is 4.74 Å². The largest absolute Gasteiger partial charge is 0.497 e. The lowest BCUT2D eigenvalue weighted by molar-refractivity contribution is -0.305. The van der Waals surface area contributed by atoms with Crippen LogP contribution in [0.1, 0.15) is 57.4 Å². The summed E-state index contributed by atoms with van der Waals surface area (Å²) in [5.74, 6) is -0.0850. The number of esters is 1. The van der Waals surface area contributed by atoms with Crippen LogP contribution in [-0.4, -0.2) is 60.1 Å². The van der Waals surface area contributed by atoms with Gasteiger partial charge in [0.1, 0.15) is 11.9 Å². The number of hydrogen-bond donors (Lipinski definition) is 0. The molecular weight excluding hydrogens is 502 g/mol. The highest BCUT2D eigenvalue weighted by molar-refractivity contribution is 8.13. The van der Waals surface area contributed by atoms with Gasteiger partial charge in [-0.3, -0.25) is 4.79 Å². The summed E-state index contributed by atoms with van der Waals surface area (Å²) in [5, 5.41) is -0.00674. The van der Waals surface area contributed by atoms with E-state index < -0.39 is 5.79 Å². The van der Waals surface area contributed by atoms with Gasteiger partial charge in [0.25, 0.3) is 5.24 Å². The van der Waals surface area contributed by atoms with Crippen LogP contribution in [0.4, 0.5) is 4.79 Å². The van der Waals surface area contributed by atoms with Crippen LogP contribution in [0.2, 0.25) is 0 Å². The fourth-order valence-electron chi connectivity index (χ4n) is 5.33. The van der Waals surface area contributed by atoms with Crippen LogP contribution in [0, 0.1) is 0 Å². The van der Waals surface area contributed by atoms with E-state index in [4.69, 9.17) is 18.9 Å². The third kappa shape index (κ3) is 7.30. The average molecular weight is 542 g/mol. The fraction of sp³-hybridized carbons (Fsp3) is 0.533. The van der Waals surface area contributed by atoms with Crippen molar-refractivity contribution in [1.29, 1.82) is 0 Å². The molecule has 1 aromatic rings. The first-order chi connectivity index (χ1) is 18.4.